The van der Waals surface area contributed by atoms with E-state index in [0.29, 0.717) is 0 Å². The van der Waals surface area contributed by atoms with Crippen molar-refractivity contribution in [1.82, 2.24) is 4.98 Å². The Kier molecular flexibility index (Phi) is 6.52. The topological polar surface area (TPSA) is 89.6 Å². The molecule has 0 bridgehead atoms. The highest BCUT2D eigenvalue weighted by atomic mass is 32.2. The molecule has 1 saturated heterocycles. The lowest BCUT2D eigenvalue weighted by molar-refractivity contribution is -0.215. The number of pyridine rings is 1. The number of aliphatic imine (C=N–C) groups is 1. The van der Waals surface area contributed by atoms with E-state index in [-0.39, 0.29) is 35.3 Å². The number of amidine groups is 1. The molecule has 0 aliphatic carbocycles. The molecular weight excluding hydrogens is 448 g/mol. The summed E-state index contributed by atoms with van der Waals surface area (Å²) in [6.07, 6.45) is -5.20. The molecule has 2 aliphatic heterocycles. The van der Waals surface area contributed by atoms with Crippen LogP contribution in [0.4, 0.5) is 23.2 Å². The van der Waals surface area contributed by atoms with Gasteiger partial charge >= 0.3 is 6.18 Å². The average molecular weight is 470 g/mol. The predicted molar refractivity (Wildman–Crippen MR) is 115 cm³/mol. The Morgan fingerprint density at radius 3 is 2.72 bits per heavy atom. The average Bonchev–Trinajstić information content (AvgIpc) is 3.09. The largest absolute Gasteiger partial charge is 0.415 e. The van der Waals surface area contributed by atoms with E-state index >= 15 is 0 Å². The number of aromatic nitrogens is 1. The number of thioether (sulfide) groups is 1. The monoisotopic (exact) mass is 470 g/mol. The summed E-state index contributed by atoms with van der Waals surface area (Å²) in [5.74, 6) is -2.48. The van der Waals surface area contributed by atoms with Crippen LogP contribution >= 0.6 is 11.8 Å². The SMILES string of the molecule is C.Cc1ccc(C(=O)Nc2ccc(F)c([C@]34CO[C@H](C(F)(F)F)[C@H]3CSC(N)=N4)c2)nc1. The van der Waals surface area contributed by atoms with E-state index in [0.717, 1.165) is 23.4 Å². The molecule has 4 rings (SSSR count). The minimum atomic E-state index is -4.63. The maximum absolute atomic E-state index is 14.9. The van der Waals surface area contributed by atoms with Gasteiger partial charge in [0.05, 0.1) is 6.61 Å². The molecule has 2 aliphatic rings. The smallest absolute Gasteiger partial charge is 0.379 e. The van der Waals surface area contributed by atoms with Crippen LogP contribution in [0.2, 0.25) is 0 Å². The molecule has 1 fully saturated rings. The van der Waals surface area contributed by atoms with Gasteiger partial charge in [0.15, 0.2) is 11.3 Å². The van der Waals surface area contributed by atoms with Gasteiger partial charge < -0.3 is 15.8 Å². The van der Waals surface area contributed by atoms with Crippen molar-refractivity contribution in [3.8, 4) is 0 Å². The molecular formula is C21H22F4N4O2S. The van der Waals surface area contributed by atoms with Crippen LogP contribution in [0, 0.1) is 18.7 Å². The summed E-state index contributed by atoms with van der Waals surface area (Å²) in [4.78, 5) is 20.7. The van der Waals surface area contributed by atoms with Crippen molar-refractivity contribution in [3.05, 3.63) is 59.2 Å². The van der Waals surface area contributed by atoms with Crippen molar-refractivity contribution in [2.45, 2.75) is 32.2 Å². The lowest BCUT2D eigenvalue weighted by Crippen LogP contribution is -2.46. The van der Waals surface area contributed by atoms with Crippen molar-refractivity contribution >= 4 is 28.5 Å². The highest BCUT2D eigenvalue weighted by molar-refractivity contribution is 8.13. The molecule has 0 unspecified atom stereocenters. The molecule has 3 N–H and O–H groups in total. The van der Waals surface area contributed by atoms with Gasteiger partial charge in [-0.25, -0.2) is 9.38 Å². The van der Waals surface area contributed by atoms with E-state index in [1.807, 2.05) is 6.92 Å². The number of ether oxygens (including phenoxy) is 1. The number of halogens is 4. The fourth-order valence-electron chi connectivity index (χ4n) is 3.83. The number of alkyl halides is 3. The van der Waals surface area contributed by atoms with E-state index < -0.39 is 42.1 Å². The number of nitrogens with zero attached hydrogens (tertiary/aromatic N) is 2. The molecule has 11 heteroatoms. The number of rotatable bonds is 3. The van der Waals surface area contributed by atoms with Crippen LogP contribution in [-0.4, -0.2) is 40.7 Å². The van der Waals surface area contributed by atoms with Crippen LogP contribution in [-0.2, 0) is 10.3 Å². The van der Waals surface area contributed by atoms with Gasteiger partial charge in [0.2, 0.25) is 0 Å². The van der Waals surface area contributed by atoms with Crippen LogP contribution in [0.15, 0.2) is 41.5 Å². The second kappa shape index (κ2) is 8.70. The molecule has 32 heavy (non-hydrogen) atoms. The van der Waals surface area contributed by atoms with E-state index in [1.165, 1.54) is 24.4 Å². The number of nitrogens with two attached hydrogens (primary N) is 1. The van der Waals surface area contributed by atoms with E-state index in [9.17, 15) is 22.4 Å². The minimum Gasteiger partial charge on any atom is -0.379 e. The number of aryl methyl sites for hydroxylation is 1. The van der Waals surface area contributed by atoms with Crippen molar-refractivity contribution < 1.29 is 27.1 Å². The van der Waals surface area contributed by atoms with Gasteiger partial charge in [0, 0.05) is 29.1 Å². The summed E-state index contributed by atoms with van der Waals surface area (Å²) in [6, 6.07) is 6.92. The Hall–Kier alpha value is -2.66. The zero-order valence-corrected chi connectivity index (χ0v) is 17.1. The summed E-state index contributed by atoms with van der Waals surface area (Å²) in [5, 5.41) is 2.65. The number of nitrogens with one attached hydrogen (secondary N) is 1. The summed E-state index contributed by atoms with van der Waals surface area (Å²) < 4.78 is 60.5. The molecule has 6 nitrogen and oxygen atoms in total. The number of carbonyl (C=O) groups is 1. The normalized spacial score (nSPS) is 24.8. The molecule has 0 saturated carbocycles. The summed E-state index contributed by atoms with van der Waals surface area (Å²) >= 11 is 0.974. The van der Waals surface area contributed by atoms with E-state index in [2.05, 4.69) is 15.3 Å². The number of anilines is 1. The molecule has 172 valence electrons. The Bertz CT molecular complexity index is 1050. The van der Waals surface area contributed by atoms with Gasteiger partial charge in [-0.05, 0) is 36.8 Å². The van der Waals surface area contributed by atoms with Crippen molar-refractivity contribution in [2.75, 3.05) is 17.7 Å². The Labute approximate surface area is 186 Å². The van der Waals surface area contributed by atoms with Gasteiger partial charge in [0.25, 0.3) is 5.91 Å². The van der Waals surface area contributed by atoms with Gasteiger partial charge in [-0.3, -0.25) is 9.78 Å². The Morgan fingerprint density at radius 2 is 2.06 bits per heavy atom. The van der Waals surface area contributed by atoms with Crippen molar-refractivity contribution in [2.24, 2.45) is 16.6 Å². The number of fused-ring (bicyclic) bond motifs is 1. The van der Waals surface area contributed by atoms with E-state index in [1.54, 1.807) is 6.07 Å². The Morgan fingerprint density at radius 1 is 1.31 bits per heavy atom. The fourth-order valence-corrected chi connectivity index (χ4v) is 4.86. The molecule has 1 aromatic heterocycles. The maximum atomic E-state index is 14.9. The highest BCUT2D eigenvalue weighted by Crippen LogP contribution is 2.52. The fraction of sp³-hybridized carbons (Fsp3) is 0.381. The third-order valence-corrected chi connectivity index (χ3v) is 6.25. The molecule has 3 atom stereocenters. The summed E-state index contributed by atoms with van der Waals surface area (Å²) in [5.41, 5.74) is 5.26. The molecule has 0 spiro atoms. The molecule has 0 radical (unpaired) electrons. The van der Waals surface area contributed by atoms with Crippen molar-refractivity contribution in [1.29, 1.82) is 0 Å². The second-order valence-electron chi connectivity index (χ2n) is 7.43. The highest BCUT2D eigenvalue weighted by Gasteiger charge is 2.61. The molecule has 1 amide bonds. The van der Waals surface area contributed by atoms with Crippen LogP contribution in [0.5, 0.6) is 0 Å². The second-order valence-corrected chi connectivity index (χ2v) is 8.47. The molecule has 3 heterocycles. The number of hydrogen-bond acceptors (Lipinski definition) is 6. The van der Waals surface area contributed by atoms with Gasteiger partial charge in [-0.1, -0.05) is 25.3 Å². The predicted octanol–water partition coefficient (Wildman–Crippen LogP) is 4.25. The number of hydrogen-bond donors (Lipinski definition) is 2. The first-order valence-electron chi connectivity index (χ1n) is 9.30. The van der Waals surface area contributed by atoms with Gasteiger partial charge in [0.1, 0.15) is 17.1 Å². The minimum absolute atomic E-state index is 0. The quantitative estimate of drug-likeness (QED) is 0.655. The first kappa shape index (κ1) is 24.0. The third-order valence-electron chi connectivity index (χ3n) is 5.34. The summed E-state index contributed by atoms with van der Waals surface area (Å²) in [7, 11) is 0. The first-order chi connectivity index (χ1) is 14.6. The van der Waals surface area contributed by atoms with Crippen molar-refractivity contribution in [3.63, 3.8) is 0 Å². The van der Waals surface area contributed by atoms with Crippen LogP contribution in [0.3, 0.4) is 0 Å². The standard InChI is InChI=1S/C20H18F4N4O2S.CH4/c1-10-2-5-15(26-7-10)17(29)27-11-3-4-14(21)12(6-11)19-9-30-16(20(22,23)24)13(19)8-31-18(25)28-19;/h2-7,13,16H,8-9H2,1H3,(H2,25,28)(H,27,29);1H4/t13-,16+,19-;/m1./s1. The summed E-state index contributed by atoms with van der Waals surface area (Å²) in [6.45, 7) is 1.35. The maximum Gasteiger partial charge on any atom is 0.415 e. The lowest BCUT2D eigenvalue weighted by Gasteiger charge is -2.36. The zero-order valence-electron chi connectivity index (χ0n) is 16.2. The number of amides is 1. The van der Waals surface area contributed by atoms with Crippen LogP contribution in [0.1, 0.15) is 29.0 Å². The van der Waals surface area contributed by atoms with Gasteiger partial charge in [-0.2, -0.15) is 13.2 Å². The van der Waals surface area contributed by atoms with E-state index in [4.69, 9.17) is 10.5 Å². The first-order valence-corrected chi connectivity index (χ1v) is 10.3. The number of carbonyl (C=O) groups excluding carboxylic acids is 1. The van der Waals surface area contributed by atoms with Crippen LogP contribution in [0.25, 0.3) is 0 Å². The lowest BCUT2D eigenvalue weighted by atomic mass is 9.78. The van der Waals surface area contributed by atoms with Crippen LogP contribution < -0.4 is 11.1 Å². The zero-order chi connectivity index (χ0) is 22.4. The molecule has 1 aromatic carbocycles. The van der Waals surface area contributed by atoms with Gasteiger partial charge in [-0.15, -0.1) is 0 Å². The molecule has 2 aromatic rings. The number of benzene rings is 1. The Balaban J connectivity index is 0.00000289. The third kappa shape index (κ3) is 4.31.